The van der Waals surface area contributed by atoms with Gasteiger partial charge in [0.25, 0.3) is 0 Å². The summed E-state index contributed by atoms with van der Waals surface area (Å²) in [5.74, 6) is -0.0135. The van der Waals surface area contributed by atoms with Crippen LogP contribution in [0.1, 0.15) is 37.9 Å². The van der Waals surface area contributed by atoms with Gasteiger partial charge in [0.2, 0.25) is 0 Å². The van der Waals surface area contributed by atoms with Crippen LogP contribution in [-0.4, -0.2) is 46.8 Å². The molecule has 0 spiro atoms. The summed E-state index contributed by atoms with van der Waals surface area (Å²) in [5, 5.41) is 19.4. The van der Waals surface area contributed by atoms with Gasteiger partial charge in [-0.05, 0) is 43.5 Å². The quantitative estimate of drug-likeness (QED) is 0.805. The molecule has 2 rings (SSSR count). The third-order valence-electron chi connectivity index (χ3n) is 3.79. The fourth-order valence-electron chi connectivity index (χ4n) is 2.66. The third-order valence-corrected chi connectivity index (χ3v) is 3.79. The molecule has 2 N–H and O–H groups in total. The Labute approximate surface area is 125 Å². The van der Waals surface area contributed by atoms with Crippen molar-refractivity contribution >= 4 is 5.97 Å². The van der Waals surface area contributed by atoms with E-state index < -0.39 is 18.1 Å². The van der Waals surface area contributed by atoms with Gasteiger partial charge in [-0.2, -0.15) is 0 Å². The molecule has 0 saturated carbocycles. The minimum atomic E-state index is -0.803. The summed E-state index contributed by atoms with van der Waals surface area (Å²) in [6, 6.07) is 6.88. The van der Waals surface area contributed by atoms with Crippen LogP contribution in [-0.2, 0) is 4.79 Å². The summed E-state index contributed by atoms with van der Waals surface area (Å²) in [4.78, 5) is 13.0. The van der Waals surface area contributed by atoms with Gasteiger partial charge in [0, 0.05) is 6.54 Å². The van der Waals surface area contributed by atoms with Gasteiger partial charge in [0.1, 0.15) is 11.8 Å². The second-order valence-electron chi connectivity index (χ2n) is 5.42. The summed E-state index contributed by atoms with van der Waals surface area (Å²) in [5.41, 5.74) is 0.787. The number of carboxylic acids is 1. The van der Waals surface area contributed by atoms with Crippen LogP contribution in [0.25, 0.3) is 0 Å². The lowest BCUT2D eigenvalue weighted by molar-refractivity contribution is -0.142. The largest absolute Gasteiger partial charge is 0.494 e. The molecule has 1 aromatic carbocycles. The molecule has 0 bridgehead atoms. The van der Waals surface area contributed by atoms with E-state index in [9.17, 15) is 9.90 Å². The molecule has 5 heteroatoms. The van der Waals surface area contributed by atoms with Gasteiger partial charge in [-0.3, -0.25) is 9.69 Å². The van der Waals surface area contributed by atoms with Crippen LogP contribution in [0.5, 0.6) is 5.75 Å². The van der Waals surface area contributed by atoms with Gasteiger partial charge >= 0.3 is 5.97 Å². The summed E-state index contributed by atoms with van der Waals surface area (Å²) < 4.78 is 5.50. The average molecular weight is 293 g/mol. The molecule has 0 amide bonds. The molecule has 2 atom stereocenters. The Balaban J connectivity index is 1.93. The first-order chi connectivity index (χ1) is 10.1. The van der Waals surface area contributed by atoms with Crippen molar-refractivity contribution in [2.75, 3.05) is 19.7 Å². The first kappa shape index (κ1) is 15.8. The minimum Gasteiger partial charge on any atom is -0.494 e. The SMILES string of the molecule is CCCOc1ccc(C(O)CN2CCCC2C(=O)O)cc1. The molecule has 1 aliphatic heterocycles. The topological polar surface area (TPSA) is 70.0 Å². The normalized spacial score (nSPS) is 20.4. The van der Waals surface area contributed by atoms with E-state index in [-0.39, 0.29) is 0 Å². The molecule has 1 heterocycles. The van der Waals surface area contributed by atoms with Crippen molar-refractivity contribution in [3.8, 4) is 5.75 Å². The molecule has 5 nitrogen and oxygen atoms in total. The lowest BCUT2D eigenvalue weighted by atomic mass is 10.1. The van der Waals surface area contributed by atoms with Gasteiger partial charge in [-0.1, -0.05) is 19.1 Å². The number of hydrogen-bond acceptors (Lipinski definition) is 4. The van der Waals surface area contributed by atoms with Crippen molar-refractivity contribution < 1.29 is 19.7 Å². The molecule has 1 fully saturated rings. The lowest BCUT2D eigenvalue weighted by Gasteiger charge is -2.24. The molecule has 2 unspecified atom stereocenters. The molecule has 0 aromatic heterocycles. The predicted molar refractivity (Wildman–Crippen MR) is 79.4 cm³/mol. The Morgan fingerprint density at radius 3 is 2.76 bits per heavy atom. The zero-order chi connectivity index (χ0) is 15.2. The molecular weight excluding hydrogens is 270 g/mol. The lowest BCUT2D eigenvalue weighted by Crippen LogP contribution is -2.38. The van der Waals surface area contributed by atoms with Crippen LogP contribution < -0.4 is 4.74 Å². The zero-order valence-electron chi connectivity index (χ0n) is 12.4. The Bertz CT molecular complexity index is 460. The maximum Gasteiger partial charge on any atom is 0.320 e. The van der Waals surface area contributed by atoms with E-state index in [1.807, 2.05) is 36.1 Å². The van der Waals surface area contributed by atoms with Crippen LogP contribution in [0.2, 0.25) is 0 Å². The average Bonchev–Trinajstić information content (AvgIpc) is 2.94. The molecule has 116 valence electrons. The summed E-state index contributed by atoms with van der Waals surface area (Å²) in [7, 11) is 0. The summed E-state index contributed by atoms with van der Waals surface area (Å²) >= 11 is 0. The highest BCUT2D eigenvalue weighted by molar-refractivity contribution is 5.73. The zero-order valence-corrected chi connectivity index (χ0v) is 12.4. The van der Waals surface area contributed by atoms with Gasteiger partial charge in [-0.25, -0.2) is 0 Å². The highest BCUT2D eigenvalue weighted by Gasteiger charge is 2.31. The van der Waals surface area contributed by atoms with E-state index in [2.05, 4.69) is 0 Å². The van der Waals surface area contributed by atoms with E-state index in [0.29, 0.717) is 19.6 Å². The monoisotopic (exact) mass is 293 g/mol. The van der Waals surface area contributed by atoms with E-state index in [4.69, 9.17) is 9.84 Å². The first-order valence-corrected chi connectivity index (χ1v) is 7.49. The van der Waals surface area contributed by atoms with Gasteiger partial charge in [0.15, 0.2) is 0 Å². The van der Waals surface area contributed by atoms with Crippen molar-refractivity contribution in [2.24, 2.45) is 0 Å². The highest BCUT2D eigenvalue weighted by atomic mass is 16.5. The van der Waals surface area contributed by atoms with Crippen molar-refractivity contribution in [2.45, 2.75) is 38.3 Å². The number of carbonyl (C=O) groups is 1. The molecule has 1 saturated heterocycles. The molecule has 1 aliphatic rings. The van der Waals surface area contributed by atoms with Crippen LogP contribution >= 0.6 is 0 Å². The standard InChI is InChI=1S/C16H23NO4/c1-2-10-21-13-7-5-12(6-8-13)15(18)11-17-9-3-4-14(17)16(19)20/h5-8,14-15,18H,2-4,9-11H2,1H3,(H,19,20). The molecule has 0 aliphatic carbocycles. The summed E-state index contributed by atoms with van der Waals surface area (Å²) in [6.07, 6.45) is 1.81. The van der Waals surface area contributed by atoms with Crippen molar-refractivity contribution in [3.05, 3.63) is 29.8 Å². The van der Waals surface area contributed by atoms with Crippen LogP contribution in [0.15, 0.2) is 24.3 Å². The van der Waals surface area contributed by atoms with Crippen molar-refractivity contribution in [1.29, 1.82) is 0 Å². The van der Waals surface area contributed by atoms with E-state index in [1.54, 1.807) is 0 Å². The number of aliphatic hydroxyl groups is 1. The Morgan fingerprint density at radius 2 is 2.14 bits per heavy atom. The number of β-amino-alcohol motifs (C(OH)–C–C–N with tert-alkyl or cyclic N) is 1. The Kier molecular flexibility index (Phi) is 5.59. The number of hydrogen-bond donors (Lipinski definition) is 2. The Morgan fingerprint density at radius 1 is 1.43 bits per heavy atom. The van der Waals surface area contributed by atoms with E-state index in [1.165, 1.54) is 0 Å². The van der Waals surface area contributed by atoms with Gasteiger partial charge < -0.3 is 14.9 Å². The third kappa shape index (κ3) is 4.19. The predicted octanol–water partition coefficient (Wildman–Crippen LogP) is 2.06. The van der Waals surface area contributed by atoms with Gasteiger partial charge in [0.05, 0.1) is 12.7 Å². The van der Waals surface area contributed by atoms with E-state index >= 15 is 0 Å². The number of rotatable bonds is 7. The van der Waals surface area contributed by atoms with Gasteiger partial charge in [-0.15, -0.1) is 0 Å². The van der Waals surface area contributed by atoms with Crippen molar-refractivity contribution in [3.63, 3.8) is 0 Å². The highest BCUT2D eigenvalue weighted by Crippen LogP contribution is 2.23. The van der Waals surface area contributed by atoms with Crippen LogP contribution in [0.4, 0.5) is 0 Å². The van der Waals surface area contributed by atoms with E-state index in [0.717, 1.165) is 30.7 Å². The number of benzene rings is 1. The maximum absolute atomic E-state index is 11.1. The molecule has 1 aromatic rings. The van der Waals surface area contributed by atoms with Crippen molar-refractivity contribution in [1.82, 2.24) is 4.90 Å². The minimum absolute atomic E-state index is 0.353. The van der Waals surface area contributed by atoms with Crippen LogP contribution in [0.3, 0.4) is 0 Å². The number of likely N-dealkylation sites (tertiary alicyclic amines) is 1. The summed E-state index contributed by atoms with van der Waals surface area (Å²) in [6.45, 7) is 3.81. The second-order valence-corrected chi connectivity index (χ2v) is 5.42. The van der Waals surface area contributed by atoms with Crippen LogP contribution in [0, 0.1) is 0 Å². The molecule has 0 radical (unpaired) electrons. The number of nitrogens with zero attached hydrogens (tertiary/aromatic N) is 1. The maximum atomic E-state index is 11.1. The second kappa shape index (κ2) is 7.43. The molecule has 21 heavy (non-hydrogen) atoms. The number of aliphatic carboxylic acids is 1. The fourth-order valence-corrected chi connectivity index (χ4v) is 2.66. The first-order valence-electron chi connectivity index (χ1n) is 7.49. The Hall–Kier alpha value is -1.59. The molecular formula is C16H23NO4. The number of ether oxygens (including phenoxy) is 1. The number of aliphatic hydroxyl groups excluding tert-OH is 1. The number of carboxylic acid groups (broad SMARTS) is 1. The smallest absolute Gasteiger partial charge is 0.320 e. The fraction of sp³-hybridized carbons (Fsp3) is 0.562.